The van der Waals surface area contributed by atoms with Gasteiger partial charge in [0.1, 0.15) is 10.8 Å². The third-order valence-electron chi connectivity index (χ3n) is 2.42. The Labute approximate surface area is 115 Å². The Morgan fingerprint density at radius 1 is 1.28 bits per heavy atom. The Balaban J connectivity index is 2.28. The minimum Gasteiger partial charge on any atom is -0.437 e. The van der Waals surface area contributed by atoms with E-state index in [1.165, 1.54) is 0 Å². The summed E-state index contributed by atoms with van der Waals surface area (Å²) in [4.78, 5) is 4.11. The minimum absolute atomic E-state index is 0.0785. The second kappa shape index (κ2) is 5.57. The minimum atomic E-state index is -0.0785. The van der Waals surface area contributed by atoms with Crippen molar-refractivity contribution in [2.45, 2.75) is 13.0 Å². The fourth-order valence-electron chi connectivity index (χ4n) is 1.44. The van der Waals surface area contributed by atoms with Crippen LogP contribution in [-0.2, 0) is 0 Å². The molecule has 1 aromatic carbocycles. The van der Waals surface area contributed by atoms with E-state index in [0.29, 0.717) is 21.7 Å². The van der Waals surface area contributed by atoms with Crippen molar-refractivity contribution in [2.24, 2.45) is 5.73 Å². The molecule has 0 spiro atoms. The third-order valence-corrected chi connectivity index (χ3v) is 3.22. The fourth-order valence-corrected chi connectivity index (χ4v) is 1.77. The molecule has 0 aliphatic heterocycles. The average Bonchev–Trinajstić information content (AvgIpc) is 2.35. The van der Waals surface area contributed by atoms with E-state index < -0.39 is 0 Å². The lowest BCUT2D eigenvalue weighted by molar-refractivity contribution is 0.462. The Bertz CT molecular complexity index is 558. The summed E-state index contributed by atoms with van der Waals surface area (Å²) in [5.74, 6) is 0.910. The molecule has 2 aromatic rings. The lowest BCUT2D eigenvalue weighted by atomic mass is 10.1. The largest absolute Gasteiger partial charge is 0.437 e. The van der Waals surface area contributed by atoms with E-state index >= 15 is 0 Å². The van der Waals surface area contributed by atoms with Crippen LogP contribution in [-0.4, -0.2) is 4.98 Å². The quantitative estimate of drug-likeness (QED) is 0.918. The lowest BCUT2D eigenvalue weighted by Crippen LogP contribution is -2.05. The molecule has 0 aliphatic rings. The standard InChI is InChI=1S/C13H12Cl2N2O/c1-8(16)9-5-6-17-12(7-9)18-11-4-2-3-10(14)13(11)15/h2-8H,16H2,1H3/t8-/m1/s1. The number of aromatic nitrogens is 1. The predicted molar refractivity (Wildman–Crippen MR) is 73.4 cm³/mol. The molecule has 0 aliphatic carbocycles. The number of pyridine rings is 1. The summed E-state index contributed by atoms with van der Waals surface area (Å²) in [6, 6.07) is 8.74. The van der Waals surface area contributed by atoms with Crippen LogP contribution in [0.4, 0.5) is 0 Å². The topological polar surface area (TPSA) is 48.1 Å². The highest BCUT2D eigenvalue weighted by Gasteiger charge is 2.08. The molecule has 18 heavy (non-hydrogen) atoms. The van der Waals surface area contributed by atoms with E-state index in [0.717, 1.165) is 5.56 Å². The Hall–Kier alpha value is -1.29. The van der Waals surface area contributed by atoms with Crippen LogP contribution in [0, 0.1) is 0 Å². The summed E-state index contributed by atoms with van der Waals surface area (Å²) < 4.78 is 5.60. The number of halogens is 2. The zero-order chi connectivity index (χ0) is 13.1. The van der Waals surface area contributed by atoms with Gasteiger partial charge in [0.25, 0.3) is 0 Å². The zero-order valence-electron chi connectivity index (χ0n) is 9.73. The van der Waals surface area contributed by atoms with E-state index in [4.69, 9.17) is 33.7 Å². The molecule has 0 saturated heterocycles. The number of nitrogens with two attached hydrogens (primary N) is 1. The van der Waals surface area contributed by atoms with Crippen LogP contribution < -0.4 is 10.5 Å². The highest BCUT2D eigenvalue weighted by molar-refractivity contribution is 6.42. The molecule has 0 unspecified atom stereocenters. The molecule has 1 atom stereocenters. The molecule has 0 radical (unpaired) electrons. The summed E-state index contributed by atoms with van der Waals surface area (Å²) in [5, 5.41) is 0.810. The first-order chi connectivity index (χ1) is 8.58. The summed E-state index contributed by atoms with van der Waals surface area (Å²) in [5.41, 5.74) is 6.74. The van der Waals surface area contributed by atoms with Crippen molar-refractivity contribution in [3.05, 3.63) is 52.1 Å². The van der Waals surface area contributed by atoms with Crippen LogP contribution in [0.15, 0.2) is 36.5 Å². The molecule has 3 nitrogen and oxygen atoms in total. The lowest BCUT2D eigenvalue weighted by Gasteiger charge is -2.10. The molecule has 94 valence electrons. The highest BCUT2D eigenvalue weighted by Crippen LogP contribution is 2.34. The van der Waals surface area contributed by atoms with Gasteiger partial charge in [-0.05, 0) is 30.7 Å². The normalized spacial score (nSPS) is 12.2. The molecule has 5 heteroatoms. The van der Waals surface area contributed by atoms with Crippen molar-refractivity contribution in [2.75, 3.05) is 0 Å². The Kier molecular flexibility index (Phi) is 4.07. The first-order valence-corrected chi connectivity index (χ1v) is 6.17. The maximum absolute atomic E-state index is 6.04. The number of nitrogens with zero attached hydrogens (tertiary/aromatic N) is 1. The second-order valence-electron chi connectivity index (χ2n) is 3.87. The van der Waals surface area contributed by atoms with Crippen LogP contribution >= 0.6 is 23.2 Å². The monoisotopic (exact) mass is 282 g/mol. The summed E-state index contributed by atoms with van der Waals surface area (Å²) in [6.07, 6.45) is 1.65. The smallest absolute Gasteiger partial charge is 0.219 e. The van der Waals surface area contributed by atoms with E-state index in [9.17, 15) is 0 Å². The van der Waals surface area contributed by atoms with Gasteiger partial charge in [0, 0.05) is 18.3 Å². The summed E-state index contributed by atoms with van der Waals surface area (Å²) in [7, 11) is 0. The van der Waals surface area contributed by atoms with E-state index in [2.05, 4.69) is 4.98 Å². The summed E-state index contributed by atoms with van der Waals surface area (Å²) >= 11 is 11.9. The van der Waals surface area contributed by atoms with Gasteiger partial charge in [-0.3, -0.25) is 0 Å². The van der Waals surface area contributed by atoms with Crippen molar-refractivity contribution < 1.29 is 4.74 Å². The highest BCUT2D eigenvalue weighted by atomic mass is 35.5. The number of hydrogen-bond donors (Lipinski definition) is 1. The predicted octanol–water partition coefficient (Wildman–Crippen LogP) is 4.20. The average molecular weight is 283 g/mol. The second-order valence-corrected chi connectivity index (χ2v) is 4.66. The molecule has 0 bridgehead atoms. The summed E-state index contributed by atoms with van der Waals surface area (Å²) in [6.45, 7) is 1.89. The third kappa shape index (κ3) is 2.93. The van der Waals surface area contributed by atoms with Gasteiger partial charge in [-0.2, -0.15) is 0 Å². The number of benzene rings is 1. The van der Waals surface area contributed by atoms with E-state index in [1.54, 1.807) is 30.5 Å². The van der Waals surface area contributed by atoms with Gasteiger partial charge in [0.2, 0.25) is 5.88 Å². The van der Waals surface area contributed by atoms with Crippen molar-refractivity contribution in [3.63, 3.8) is 0 Å². The Morgan fingerprint density at radius 3 is 2.78 bits per heavy atom. The van der Waals surface area contributed by atoms with Gasteiger partial charge < -0.3 is 10.5 Å². The van der Waals surface area contributed by atoms with Crippen molar-refractivity contribution >= 4 is 23.2 Å². The Morgan fingerprint density at radius 2 is 2.06 bits per heavy atom. The fraction of sp³-hybridized carbons (Fsp3) is 0.154. The van der Waals surface area contributed by atoms with Crippen LogP contribution in [0.3, 0.4) is 0 Å². The van der Waals surface area contributed by atoms with Crippen LogP contribution in [0.1, 0.15) is 18.5 Å². The maximum Gasteiger partial charge on any atom is 0.219 e. The first-order valence-electron chi connectivity index (χ1n) is 5.41. The SMILES string of the molecule is C[C@@H](N)c1ccnc(Oc2cccc(Cl)c2Cl)c1. The van der Waals surface area contributed by atoms with Crippen molar-refractivity contribution in [1.29, 1.82) is 0 Å². The molecule has 1 aromatic heterocycles. The maximum atomic E-state index is 6.04. The van der Waals surface area contributed by atoms with Crippen molar-refractivity contribution in [3.8, 4) is 11.6 Å². The van der Waals surface area contributed by atoms with Crippen LogP contribution in [0.5, 0.6) is 11.6 Å². The van der Waals surface area contributed by atoms with Gasteiger partial charge in [-0.15, -0.1) is 0 Å². The van der Waals surface area contributed by atoms with Gasteiger partial charge in [0.05, 0.1) is 5.02 Å². The van der Waals surface area contributed by atoms with Gasteiger partial charge in [-0.25, -0.2) is 4.98 Å². The molecule has 2 N–H and O–H groups in total. The van der Waals surface area contributed by atoms with Crippen LogP contribution in [0.2, 0.25) is 10.0 Å². The number of ether oxygens (including phenoxy) is 1. The number of hydrogen-bond acceptors (Lipinski definition) is 3. The molecule has 1 heterocycles. The first kappa shape index (κ1) is 13.1. The molecule has 0 saturated carbocycles. The van der Waals surface area contributed by atoms with Gasteiger partial charge in [-0.1, -0.05) is 29.3 Å². The molecule has 0 fully saturated rings. The number of rotatable bonds is 3. The van der Waals surface area contributed by atoms with E-state index in [1.807, 2.05) is 13.0 Å². The zero-order valence-corrected chi connectivity index (χ0v) is 11.2. The molecule has 2 rings (SSSR count). The van der Waals surface area contributed by atoms with Crippen LogP contribution in [0.25, 0.3) is 0 Å². The van der Waals surface area contributed by atoms with Gasteiger partial charge in [0.15, 0.2) is 0 Å². The van der Waals surface area contributed by atoms with E-state index in [-0.39, 0.29) is 6.04 Å². The van der Waals surface area contributed by atoms with Crippen molar-refractivity contribution in [1.82, 2.24) is 4.98 Å². The van der Waals surface area contributed by atoms with Gasteiger partial charge >= 0.3 is 0 Å². The molecular formula is C13H12Cl2N2O. The molecular weight excluding hydrogens is 271 g/mol. The molecule has 0 amide bonds.